The van der Waals surface area contributed by atoms with Crippen molar-refractivity contribution in [1.82, 2.24) is 19.8 Å². The first kappa shape index (κ1) is 20.6. The SMILES string of the molecule is Cc1ccc(C)c(Sc2ncccc2C(=O)N2CCN(Cc3ccncc3)CC2)c1. The first-order valence-corrected chi connectivity index (χ1v) is 11.0. The zero-order valence-corrected chi connectivity index (χ0v) is 18.2. The maximum atomic E-state index is 13.3. The van der Waals surface area contributed by atoms with Gasteiger partial charge in [0.05, 0.1) is 5.56 Å². The molecule has 0 atom stereocenters. The van der Waals surface area contributed by atoms with Crippen LogP contribution in [0, 0.1) is 13.8 Å². The van der Waals surface area contributed by atoms with Gasteiger partial charge in [-0.05, 0) is 60.9 Å². The van der Waals surface area contributed by atoms with Crippen LogP contribution in [0.3, 0.4) is 0 Å². The van der Waals surface area contributed by atoms with Gasteiger partial charge in [0.1, 0.15) is 5.03 Å². The van der Waals surface area contributed by atoms with Gasteiger partial charge in [-0.25, -0.2) is 4.98 Å². The number of pyridine rings is 2. The molecule has 1 aliphatic rings. The number of nitrogens with zero attached hydrogens (tertiary/aromatic N) is 4. The largest absolute Gasteiger partial charge is 0.336 e. The van der Waals surface area contributed by atoms with Crippen LogP contribution in [-0.4, -0.2) is 51.9 Å². The summed E-state index contributed by atoms with van der Waals surface area (Å²) < 4.78 is 0. The fourth-order valence-corrected chi connectivity index (χ4v) is 4.64. The number of carbonyl (C=O) groups is 1. The van der Waals surface area contributed by atoms with Crippen LogP contribution in [0.25, 0.3) is 0 Å². The highest BCUT2D eigenvalue weighted by molar-refractivity contribution is 7.99. The van der Waals surface area contributed by atoms with E-state index in [0.29, 0.717) is 5.56 Å². The lowest BCUT2D eigenvalue weighted by atomic mass is 10.2. The molecule has 1 aliphatic heterocycles. The Balaban J connectivity index is 1.44. The Morgan fingerprint density at radius 3 is 2.53 bits per heavy atom. The fourth-order valence-electron chi connectivity index (χ4n) is 3.58. The molecule has 4 rings (SSSR count). The van der Waals surface area contributed by atoms with Gasteiger partial charge in [0.15, 0.2) is 0 Å². The second-order valence-electron chi connectivity index (χ2n) is 7.65. The number of hydrogen-bond donors (Lipinski definition) is 0. The maximum absolute atomic E-state index is 13.3. The molecule has 6 heteroatoms. The third-order valence-corrected chi connectivity index (χ3v) is 6.55. The van der Waals surface area contributed by atoms with E-state index >= 15 is 0 Å². The number of hydrogen-bond acceptors (Lipinski definition) is 5. The summed E-state index contributed by atoms with van der Waals surface area (Å²) in [6.45, 7) is 8.26. The minimum Gasteiger partial charge on any atom is -0.336 e. The third kappa shape index (κ3) is 4.89. The minimum absolute atomic E-state index is 0.0690. The summed E-state index contributed by atoms with van der Waals surface area (Å²) in [6.07, 6.45) is 5.41. The fraction of sp³-hybridized carbons (Fsp3) is 0.292. The Morgan fingerprint density at radius 1 is 1.00 bits per heavy atom. The minimum atomic E-state index is 0.0690. The Hall–Kier alpha value is -2.70. The van der Waals surface area contributed by atoms with Gasteiger partial charge >= 0.3 is 0 Å². The maximum Gasteiger partial charge on any atom is 0.256 e. The molecule has 0 unspecified atom stereocenters. The van der Waals surface area contributed by atoms with Crippen molar-refractivity contribution < 1.29 is 4.79 Å². The van der Waals surface area contributed by atoms with E-state index < -0.39 is 0 Å². The molecule has 5 nitrogen and oxygen atoms in total. The Kier molecular flexibility index (Phi) is 6.45. The van der Waals surface area contributed by atoms with Gasteiger partial charge in [0.2, 0.25) is 0 Å². The zero-order valence-electron chi connectivity index (χ0n) is 17.4. The molecule has 3 heterocycles. The summed E-state index contributed by atoms with van der Waals surface area (Å²) in [5, 5.41) is 0.774. The van der Waals surface area contributed by atoms with E-state index in [0.717, 1.165) is 42.6 Å². The normalized spacial score (nSPS) is 14.7. The smallest absolute Gasteiger partial charge is 0.256 e. The predicted molar refractivity (Wildman–Crippen MR) is 120 cm³/mol. The molecule has 0 spiro atoms. The van der Waals surface area contributed by atoms with Crippen molar-refractivity contribution in [3.63, 3.8) is 0 Å². The Labute approximate surface area is 182 Å². The summed E-state index contributed by atoms with van der Waals surface area (Å²) in [6, 6.07) is 14.2. The highest BCUT2D eigenvalue weighted by Gasteiger charge is 2.24. The highest BCUT2D eigenvalue weighted by atomic mass is 32.2. The first-order valence-electron chi connectivity index (χ1n) is 10.2. The van der Waals surface area contributed by atoms with Crippen molar-refractivity contribution >= 4 is 17.7 Å². The lowest BCUT2D eigenvalue weighted by Crippen LogP contribution is -2.48. The number of piperazine rings is 1. The van der Waals surface area contributed by atoms with Crippen LogP contribution in [0.2, 0.25) is 0 Å². The molecule has 0 saturated carbocycles. The van der Waals surface area contributed by atoms with E-state index in [-0.39, 0.29) is 5.91 Å². The van der Waals surface area contributed by atoms with Crippen molar-refractivity contribution in [2.24, 2.45) is 0 Å². The van der Waals surface area contributed by atoms with Gasteiger partial charge in [-0.2, -0.15) is 0 Å². The van der Waals surface area contributed by atoms with Crippen LogP contribution in [0.4, 0.5) is 0 Å². The second kappa shape index (κ2) is 9.41. The van der Waals surface area contributed by atoms with Crippen LogP contribution < -0.4 is 0 Å². The van der Waals surface area contributed by atoms with E-state index in [9.17, 15) is 4.79 Å². The summed E-state index contributed by atoms with van der Waals surface area (Å²) in [5.41, 5.74) is 4.34. The van der Waals surface area contributed by atoms with E-state index in [4.69, 9.17) is 0 Å². The highest BCUT2D eigenvalue weighted by Crippen LogP contribution is 2.32. The van der Waals surface area contributed by atoms with E-state index in [1.165, 1.54) is 16.7 Å². The average molecular weight is 419 g/mol. The quantitative estimate of drug-likeness (QED) is 0.621. The number of carbonyl (C=O) groups excluding carboxylic acids is 1. The zero-order chi connectivity index (χ0) is 20.9. The monoisotopic (exact) mass is 418 g/mol. The summed E-state index contributed by atoms with van der Waals surface area (Å²) >= 11 is 1.57. The van der Waals surface area contributed by atoms with Crippen molar-refractivity contribution in [3.8, 4) is 0 Å². The molecule has 30 heavy (non-hydrogen) atoms. The van der Waals surface area contributed by atoms with Crippen molar-refractivity contribution in [2.75, 3.05) is 26.2 Å². The number of amides is 1. The molecular formula is C24H26N4OS. The molecule has 3 aromatic rings. The first-order chi connectivity index (χ1) is 14.6. The van der Waals surface area contributed by atoms with Gasteiger partial charge in [-0.1, -0.05) is 23.9 Å². The second-order valence-corrected chi connectivity index (χ2v) is 8.68. The summed E-state index contributed by atoms with van der Waals surface area (Å²) in [4.78, 5) is 27.4. The van der Waals surface area contributed by atoms with Gasteiger partial charge in [0.25, 0.3) is 5.91 Å². The summed E-state index contributed by atoms with van der Waals surface area (Å²) in [5.74, 6) is 0.0690. The van der Waals surface area contributed by atoms with Gasteiger partial charge in [0, 0.05) is 56.2 Å². The molecule has 0 aliphatic carbocycles. The van der Waals surface area contributed by atoms with Crippen LogP contribution in [0.5, 0.6) is 0 Å². The molecule has 2 aromatic heterocycles. The van der Waals surface area contributed by atoms with E-state index in [1.807, 2.05) is 41.6 Å². The van der Waals surface area contributed by atoms with Crippen LogP contribution in [0.15, 0.2) is 71.0 Å². The number of aryl methyl sites for hydroxylation is 2. The van der Waals surface area contributed by atoms with Crippen LogP contribution >= 0.6 is 11.8 Å². The molecule has 1 fully saturated rings. The molecule has 0 bridgehead atoms. The lowest BCUT2D eigenvalue weighted by molar-refractivity contribution is 0.0624. The standard InChI is InChI=1S/C24H26N4OS/c1-18-5-6-19(2)22(16-18)30-23-21(4-3-9-26-23)24(29)28-14-12-27(13-15-28)17-20-7-10-25-11-8-20/h3-11,16H,12-15,17H2,1-2H3. The molecule has 1 amide bonds. The predicted octanol–water partition coefficient (Wildman–Crippen LogP) is 4.20. The summed E-state index contributed by atoms with van der Waals surface area (Å²) in [7, 11) is 0. The number of benzene rings is 1. The van der Waals surface area contributed by atoms with E-state index in [2.05, 4.69) is 46.9 Å². The topological polar surface area (TPSA) is 49.3 Å². The van der Waals surface area contributed by atoms with Crippen molar-refractivity contribution in [3.05, 3.63) is 83.3 Å². The molecule has 0 N–H and O–H groups in total. The molecule has 1 aromatic carbocycles. The van der Waals surface area contributed by atoms with Crippen molar-refractivity contribution in [2.45, 2.75) is 30.3 Å². The lowest BCUT2D eigenvalue weighted by Gasteiger charge is -2.35. The average Bonchev–Trinajstić information content (AvgIpc) is 2.77. The van der Waals surface area contributed by atoms with Gasteiger partial charge < -0.3 is 4.90 Å². The van der Waals surface area contributed by atoms with Gasteiger partial charge in [-0.15, -0.1) is 0 Å². The molecular weight excluding hydrogens is 392 g/mol. The number of aromatic nitrogens is 2. The van der Waals surface area contributed by atoms with Crippen LogP contribution in [-0.2, 0) is 6.54 Å². The van der Waals surface area contributed by atoms with Crippen molar-refractivity contribution in [1.29, 1.82) is 0 Å². The molecule has 154 valence electrons. The Bertz CT molecular complexity index is 1020. The third-order valence-electron chi connectivity index (χ3n) is 5.37. The molecule has 0 radical (unpaired) electrons. The Morgan fingerprint density at radius 2 is 1.77 bits per heavy atom. The van der Waals surface area contributed by atoms with E-state index in [1.54, 1.807) is 18.0 Å². The van der Waals surface area contributed by atoms with Gasteiger partial charge in [-0.3, -0.25) is 14.7 Å². The number of rotatable bonds is 5. The van der Waals surface area contributed by atoms with Crippen LogP contribution in [0.1, 0.15) is 27.0 Å². The molecule has 1 saturated heterocycles.